The van der Waals surface area contributed by atoms with Gasteiger partial charge in [0.25, 0.3) is 0 Å². The predicted octanol–water partition coefficient (Wildman–Crippen LogP) is 0.422. The fourth-order valence-corrected chi connectivity index (χ4v) is 2.66. The molecule has 0 aromatic rings. The molecule has 1 aliphatic carbocycles. The number of carbonyl (C=O) groups excluding carboxylic acids is 2. The number of hydrogen-bond donors (Lipinski definition) is 1. The maximum absolute atomic E-state index is 12.1. The van der Waals surface area contributed by atoms with Crippen LogP contribution in [0.25, 0.3) is 0 Å². The molecule has 1 aliphatic heterocycles. The molecule has 1 saturated carbocycles. The van der Waals surface area contributed by atoms with Crippen LogP contribution >= 0.6 is 0 Å². The van der Waals surface area contributed by atoms with E-state index in [0.717, 1.165) is 25.7 Å². The minimum absolute atomic E-state index is 0.0000926. The topological polar surface area (TPSA) is 72.6 Å². The van der Waals surface area contributed by atoms with Crippen molar-refractivity contribution in [1.82, 2.24) is 4.90 Å². The Morgan fingerprint density at radius 1 is 1.41 bits per heavy atom. The van der Waals surface area contributed by atoms with Gasteiger partial charge >= 0.3 is 5.97 Å². The zero-order valence-electron chi connectivity index (χ0n) is 10.3. The van der Waals surface area contributed by atoms with Crippen molar-refractivity contribution in [3.8, 4) is 0 Å². The zero-order valence-corrected chi connectivity index (χ0v) is 10.3. The molecule has 2 rings (SSSR count). The first-order valence-corrected chi connectivity index (χ1v) is 6.22. The number of rotatable bonds is 3. The smallest absolute Gasteiger partial charge is 0.328 e. The molecular formula is C12H20N2O3. The second kappa shape index (κ2) is 4.64. The molecule has 5 nitrogen and oxygen atoms in total. The number of likely N-dealkylation sites (tertiary alicyclic amines) is 1. The van der Waals surface area contributed by atoms with Gasteiger partial charge in [0.1, 0.15) is 6.04 Å². The van der Waals surface area contributed by atoms with Gasteiger partial charge in [0, 0.05) is 18.5 Å². The van der Waals surface area contributed by atoms with Crippen LogP contribution in [0.2, 0.25) is 0 Å². The third-order valence-electron chi connectivity index (χ3n) is 3.90. The summed E-state index contributed by atoms with van der Waals surface area (Å²) in [5.74, 6) is -0.310. The van der Waals surface area contributed by atoms with Crippen LogP contribution in [0.3, 0.4) is 0 Å². The molecule has 0 radical (unpaired) electrons. The number of nitrogens with two attached hydrogens (primary N) is 1. The molecule has 2 fully saturated rings. The van der Waals surface area contributed by atoms with E-state index in [1.165, 1.54) is 7.11 Å². The van der Waals surface area contributed by atoms with Gasteiger partial charge in [0.2, 0.25) is 5.91 Å². The van der Waals surface area contributed by atoms with Crippen molar-refractivity contribution < 1.29 is 14.3 Å². The molecule has 1 heterocycles. The summed E-state index contributed by atoms with van der Waals surface area (Å²) in [6, 6.07) is -0.392. The van der Waals surface area contributed by atoms with Crippen molar-refractivity contribution in [3.05, 3.63) is 0 Å². The molecule has 96 valence electrons. The van der Waals surface area contributed by atoms with Crippen molar-refractivity contribution in [2.75, 3.05) is 13.7 Å². The van der Waals surface area contributed by atoms with Crippen LogP contribution in [0.15, 0.2) is 0 Å². The number of amides is 1. The van der Waals surface area contributed by atoms with Crippen LogP contribution in [0.4, 0.5) is 0 Å². The van der Waals surface area contributed by atoms with Crippen molar-refractivity contribution in [3.63, 3.8) is 0 Å². The van der Waals surface area contributed by atoms with Crippen LogP contribution in [0.1, 0.15) is 38.5 Å². The quantitative estimate of drug-likeness (QED) is 0.726. The first kappa shape index (κ1) is 12.4. The van der Waals surface area contributed by atoms with E-state index in [9.17, 15) is 9.59 Å². The van der Waals surface area contributed by atoms with E-state index >= 15 is 0 Å². The summed E-state index contributed by atoms with van der Waals surface area (Å²) in [5, 5.41) is 0. The lowest BCUT2D eigenvalue weighted by Crippen LogP contribution is -2.52. The Labute approximate surface area is 101 Å². The first-order chi connectivity index (χ1) is 8.06. The van der Waals surface area contributed by atoms with Gasteiger partial charge in [0.05, 0.1) is 7.11 Å². The molecule has 2 N–H and O–H groups in total. The van der Waals surface area contributed by atoms with E-state index in [0.29, 0.717) is 19.4 Å². The van der Waals surface area contributed by atoms with Crippen LogP contribution in [-0.4, -0.2) is 42.0 Å². The minimum Gasteiger partial charge on any atom is -0.467 e. The molecule has 17 heavy (non-hydrogen) atoms. The summed E-state index contributed by atoms with van der Waals surface area (Å²) in [6.45, 7) is 0.648. The van der Waals surface area contributed by atoms with Gasteiger partial charge in [0.15, 0.2) is 0 Å². The van der Waals surface area contributed by atoms with E-state index < -0.39 is 6.04 Å². The summed E-state index contributed by atoms with van der Waals surface area (Å²) in [4.78, 5) is 25.3. The summed E-state index contributed by atoms with van der Waals surface area (Å²) >= 11 is 0. The third kappa shape index (κ3) is 2.44. The average Bonchev–Trinajstić information content (AvgIpc) is 2.74. The largest absolute Gasteiger partial charge is 0.467 e. The van der Waals surface area contributed by atoms with Gasteiger partial charge in [-0.1, -0.05) is 0 Å². The highest BCUT2D eigenvalue weighted by Gasteiger charge is 2.40. The molecule has 0 bridgehead atoms. The number of methoxy groups -OCH3 is 1. The Balaban J connectivity index is 1.96. The molecular weight excluding hydrogens is 220 g/mol. The van der Waals surface area contributed by atoms with Crippen molar-refractivity contribution in [2.24, 2.45) is 5.73 Å². The number of hydrogen-bond acceptors (Lipinski definition) is 4. The van der Waals surface area contributed by atoms with Crippen LogP contribution in [0.5, 0.6) is 0 Å². The van der Waals surface area contributed by atoms with Gasteiger partial charge in [-0.2, -0.15) is 0 Å². The highest BCUT2D eigenvalue weighted by Crippen LogP contribution is 2.33. The fourth-order valence-electron chi connectivity index (χ4n) is 2.66. The second-order valence-electron chi connectivity index (χ2n) is 5.16. The Hall–Kier alpha value is -1.10. The number of esters is 1. The summed E-state index contributed by atoms with van der Waals surface area (Å²) in [6.07, 6.45) is 4.86. The SMILES string of the molecule is COC(=O)C1CCCN1C(=O)CC1(N)CCC1. The fraction of sp³-hybridized carbons (Fsp3) is 0.833. The average molecular weight is 240 g/mol. The normalized spacial score (nSPS) is 26.5. The van der Waals surface area contributed by atoms with E-state index in [1.807, 2.05) is 0 Å². The second-order valence-corrected chi connectivity index (χ2v) is 5.16. The third-order valence-corrected chi connectivity index (χ3v) is 3.90. The molecule has 1 atom stereocenters. The Bertz CT molecular complexity index is 326. The highest BCUT2D eigenvalue weighted by molar-refractivity contribution is 5.85. The number of ether oxygens (including phenoxy) is 1. The molecule has 2 aliphatic rings. The van der Waals surface area contributed by atoms with E-state index in [2.05, 4.69) is 0 Å². The van der Waals surface area contributed by atoms with Crippen molar-refractivity contribution in [2.45, 2.75) is 50.1 Å². The molecule has 1 amide bonds. The monoisotopic (exact) mass is 240 g/mol. The van der Waals surface area contributed by atoms with Gasteiger partial charge < -0.3 is 15.4 Å². The molecule has 0 aromatic heterocycles. The van der Waals surface area contributed by atoms with Gasteiger partial charge in [-0.15, -0.1) is 0 Å². The zero-order chi connectivity index (χ0) is 12.5. The van der Waals surface area contributed by atoms with Crippen molar-refractivity contribution >= 4 is 11.9 Å². The summed E-state index contributed by atoms with van der Waals surface area (Å²) in [7, 11) is 1.36. The lowest BCUT2D eigenvalue weighted by molar-refractivity contribution is -0.151. The van der Waals surface area contributed by atoms with Gasteiger partial charge in [-0.05, 0) is 32.1 Å². The predicted molar refractivity (Wildman–Crippen MR) is 62.1 cm³/mol. The lowest BCUT2D eigenvalue weighted by atomic mass is 9.75. The Morgan fingerprint density at radius 2 is 2.12 bits per heavy atom. The van der Waals surface area contributed by atoms with Gasteiger partial charge in [-0.25, -0.2) is 4.79 Å². The Morgan fingerprint density at radius 3 is 2.65 bits per heavy atom. The van der Waals surface area contributed by atoms with E-state index in [1.54, 1.807) is 4.90 Å². The van der Waals surface area contributed by atoms with Gasteiger partial charge in [-0.3, -0.25) is 4.79 Å². The molecule has 5 heteroatoms. The standard InChI is InChI=1S/C12H20N2O3/c1-17-11(16)9-4-2-7-14(9)10(15)8-12(13)5-3-6-12/h9H,2-8,13H2,1H3. The minimum atomic E-state index is -0.392. The summed E-state index contributed by atoms with van der Waals surface area (Å²) < 4.78 is 4.72. The van der Waals surface area contributed by atoms with E-state index in [4.69, 9.17) is 10.5 Å². The summed E-state index contributed by atoms with van der Waals surface area (Å²) in [5.41, 5.74) is 5.74. The maximum atomic E-state index is 12.1. The van der Waals surface area contributed by atoms with Crippen molar-refractivity contribution in [1.29, 1.82) is 0 Å². The number of nitrogens with zero attached hydrogens (tertiary/aromatic N) is 1. The lowest BCUT2D eigenvalue weighted by Gasteiger charge is -2.39. The maximum Gasteiger partial charge on any atom is 0.328 e. The first-order valence-electron chi connectivity index (χ1n) is 6.22. The molecule has 1 saturated heterocycles. The molecule has 0 aromatic carbocycles. The van der Waals surface area contributed by atoms with Crippen LogP contribution < -0.4 is 5.73 Å². The molecule has 1 unspecified atom stereocenters. The Kier molecular flexibility index (Phi) is 3.38. The number of carbonyl (C=O) groups is 2. The van der Waals surface area contributed by atoms with Crippen LogP contribution in [0, 0.1) is 0 Å². The molecule has 0 spiro atoms. The highest BCUT2D eigenvalue weighted by atomic mass is 16.5. The van der Waals surface area contributed by atoms with E-state index in [-0.39, 0.29) is 17.4 Å². The van der Waals surface area contributed by atoms with Crippen LogP contribution in [-0.2, 0) is 14.3 Å².